The van der Waals surface area contributed by atoms with E-state index in [9.17, 15) is 4.79 Å². The van der Waals surface area contributed by atoms with E-state index in [1.54, 1.807) is 42.7 Å². The summed E-state index contributed by atoms with van der Waals surface area (Å²) in [5.41, 5.74) is 0.968. The Bertz CT molecular complexity index is 753. The third-order valence-electron chi connectivity index (χ3n) is 2.80. The molecule has 20 heavy (non-hydrogen) atoms. The zero-order valence-corrected chi connectivity index (χ0v) is 10.7. The third-order valence-corrected chi connectivity index (χ3v) is 2.80. The summed E-state index contributed by atoms with van der Waals surface area (Å²) < 4.78 is 10.3. The van der Waals surface area contributed by atoms with E-state index in [0.717, 1.165) is 0 Å². The standard InChI is InChI=1S/C14H11N3O3/c1-19-14(18)13-11-3-2-10(8-12(11)16-17-13)20-9-4-6-15-7-5-9/h2-8H,1H3,(H,16,17). The van der Waals surface area contributed by atoms with Crippen molar-refractivity contribution in [3.8, 4) is 11.5 Å². The van der Waals surface area contributed by atoms with Crippen LogP contribution >= 0.6 is 0 Å². The van der Waals surface area contributed by atoms with E-state index in [-0.39, 0.29) is 5.69 Å². The number of nitrogens with zero attached hydrogens (tertiary/aromatic N) is 2. The SMILES string of the molecule is COC(=O)c1n[nH]c2cc(Oc3ccncc3)ccc12. The Balaban J connectivity index is 1.94. The Morgan fingerprint density at radius 1 is 1.15 bits per heavy atom. The fourth-order valence-corrected chi connectivity index (χ4v) is 1.86. The Hall–Kier alpha value is -2.89. The van der Waals surface area contributed by atoms with Gasteiger partial charge in [0.15, 0.2) is 5.69 Å². The molecule has 3 aromatic rings. The number of benzene rings is 1. The lowest BCUT2D eigenvalue weighted by Crippen LogP contribution is -2.01. The highest BCUT2D eigenvalue weighted by Crippen LogP contribution is 2.25. The summed E-state index contributed by atoms with van der Waals surface area (Å²) in [6, 6.07) is 8.83. The van der Waals surface area contributed by atoms with E-state index in [4.69, 9.17) is 4.74 Å². The predicted molar refractivity (Wildman–Crippen MR) is 71.7 cm³/mol. The maximum absolute atomic E-state index is 11.5. The zero-order chi connectivity index (χ0) is 13.9. The van der Waals surface area contributed by atoms with E-state index in [1.807, 2.05) is 0 Å². The van der Waals surface area contributed by atoms with Crippen molar-refractivity contribution >= 4 is 16.9 Å². The molecule has 0 aliphatic heterocycles. The van der Waals surface area contributed by atoms with Gasteiger partial charge in [-0.2, -0.15) is 5.10 Å². The molecule has 0 aliphatic carbocycles. The molecule has 100 valence electrons. The molecule has 1 N–H and O–H groups in total. The Morgan fingerprint density at radius 3 is 2.70 bits per heavy atom. The molecule has 0 amide bonds. The first-order valence-electron chi connectivity index (χ1n) is 5.92. The molecule has 0 unspecified atom stereocenters. The van der Waals surface area contributed by atoms with Crippen molar-refractivity contribution in [3.05, 3.63) is 48.4 Å². The molecule has 6 nitrogen and oxygen atoms in total. The number of fused-ring (bicyclic) bond motifs is 1. The number of esters is 1. The first-order valence-corrected chi connectivity index (χ1v) is 5.92. The number of carbonyl (C=O) groups is 1. The number of H-pyrrole nitrogens is 1. The quantitative estimate of drug-likeness (QED) is 0.739. The zero-order valence-electron chi connectivity index (χ0n) is 10.7. The van der Waals surface area contributed by atoms with Gasteiger partial charge in [0.05, 0.1) is 12.6 Å². The molecular weight excluding hydrogens is 258 g/mol. The lowest BCUT2D eigenvalue weighted by molar-refractivity contribution is 0.0596. The van der Waals surface area contributed by atoms with Gasteiger partial charge in [0.1, 0.15) is 11.5 Å². The van der Waals surface area contributed by atoms with Gasteiger partial charge in [-0.25, -0.2) is 4.79 Å². The predicted octanol–water partition coefficient (Wildman–Crippen LogP) is 2.54. The molecule has 2 heterocycles. The van der Waals surface area contributed by atoms with Crippen LogP contribution in [-0.2, 0) is 4.74 Å². The monoisotopic (exact) mass is 269 g/mol. The first kappa shape index (κ1) is 12.2. The van der Waals surface area contributed by atoms with E-state index < -0.39 is 5.97 Å². The molecule has 0 aliphatic rings. The summed E-state index contributed by atoms with van der Waals surface area (Å²) in [6.45, 7) is 0. The Kier molecular flexibility index (Phi) is 3.04. The number of methoxy groups -OCH3 is 1. The molecule has 0 radical (unpaired) electrons. The average Bonchev–Trinajstić information content (AvgIpc) is 2.90. The van der Waals surface area contributed by atoms with Gasteiger partial charge in [0.25, 0.3) is 0 Å². The second-order valence-corrected chi connectivity index (χ2v) is 4.06. The number of rotatable bonds is 3. The van der Waals surface area contributed by atoms with E-state index >= 15 is 0 Å². The van der Waals surface area contributed by atoms with Gasteiger partial charge in [0, 0.05) is 23.8 Å². The molecule has 1 aromatic carbocycles. The van der Waals surface area contributed by atoms with Crippen LogP contribution < -0.4 is 4.74 Å². The minimum absolute atomic E-state index is 0.262. The molecular formula is C14H11N3O3. The minimum Gasteiger partial charge on any atom is -0.464 e. The third kappa shape index (κ3) is 2.18. The van der Waals surface area contributed by atoms with E-state index in [2.05, 4.69) is 19.9 Å². The molecule has 0 saturated carbocycles. The fraction of sp³-hybridized carbons (Fsp3) is 0.0714. The van der Waals surface area contributed by atoms with Gasteiger partial charge < -0.3 is 9.47 Å². The number of nitrogens with one attached hydrogen (secondary N) is 1. The highest BCUT2D eigenvalue weighted by Gasteiger charge is 2.14. The van der Waals surface area contributed by atoms with Crippen LogP contribution in [0.3, 0.4) is 0 Å². The van der Waals surface area contributed by atoms with Crippen LogP contribution in [-0.4, -0.2) is 28.3 Å². The van der Waals surface area contributed by atoms with Gasteiger partial charge in [-0.05, 0) is 24.3 Å². The van der Waals surface area contributed by atoms with Crippen LogP contribution in [0.1, 0.15) is 10.5 Å². The first-order chi connectivity index (χ1) is 9.78. The summed E-state index contributed by atoms with van der Waals surface area (Å²) in [7, 11) is 1.32. The second-order valence-electron chi connectivity index (χ2n) is 4.06. The lowest BCUT2D eigenvalue weighted by Gasteiger charge is -2.04. The van der Waals surface area contributed by atoms with Gasteiger partial charge in [-0.1, -0.05) is 0 Å². The number of aromatic amines is 1. The largest absolute Gasteiger partial charge is 0.464 e. The summed E-state index contributed by atoms with van der Waals surface area (Å²) in [5.74, 6) is 0.856. The topological polar surface area (TPSA) is 77.1 Å². The average molecular weight is 269 g/mol. The fourth-order valence-electron chi connectivity index (χ4n) is 1.86. The summed E-state index contributed by atoms with van der Waals surface area (Å²) in [4.78, 5) is 15.4. The van der Waals surface area contributed by atoms with Crippen LogP contribution in [0.4, 0.5) is 0 Å². The van der Waals surface area contributed by atoms with Crippen molar-refractivity contribution in [2.24, 2.45) is 0 Å². The highest BCUT2D eigenvalue weighted by molar-refractivity contribution is 6.02. The smallest absolute Gasteiger partial charge is 0.359 e. The van der Waals surface area contributed by atoms with Crippen LogP contribution in [0.15, 0.2) is 42.7 Å². The molecule has 0 bridgehead atoms. The van der Waals surface area contributed by atoms with E-state index in [1.165, 1.54) is 7.11 Å². The molecule has 0 saturated heterocycles. The second kappa shape index (κ2) is 5.00. The highest BCUT2D eigenvalue weighted by atomic mass is 16.5. The number of hydrogen-bond donors (Lipinski definition) is 1. The number of pyridine rings is 1. The van der Waals surface area contributed by atoms with Gasteiger partial charge in [-0.3, -0.25) is 10.1 Å². The van der Waals surface area contributed by atoms with Crippen molar-refractivity contribution in [3.63, 3.8) is 0 Å². The van der Waals surface area contributed by atoms with Crippen molar-refractivity contribution < 1.29 is 14.3 Å². The number of hydrogen-bond acceptors (Lipinski definition) is 5. The summed E-state index contributed by atoms with van der Waals surface area (Å²) in [6.07, 6.45) is 3.30. The van der Waals surface area contributed by atoms with E-state index in [0.29, 0.717) is 22.4 Å². The van der Waals surface area contributed by atoms with Gasteiger partial charge >= 0.3 is 5.97 Å². The summed E-state index contributed by atoms with van der Waals surface area (Å²) >= 11 is 0. The Morgan fingerprint density at radius 2 is 1.95 bits per heavy atom. The summed E-state index contributed by atoms with van der Waals surface area (Å²) in [5, 5.41) is 7.43. The molecule has 2 aromatic heterocycles. The van der Waals surface area contributed by atoms with Crippen molar-refractivity contribution in [2.45, 2.75) is 0 Å². The molecule has 0 spiro atoms. The van der Waals surface area contributed by atoms with Crippen LogP contribution in [0, 0.1) is 0 Å². The molecule has 3 rings (SSSR count). The maximum Gasteiger partial charge on any atom is 0.359 e. The van der Waals surface area contributed by atoms with Gasteiger partial charge in [-0.15, -0.1) is 0 Å². The van der Waals surface area contributed by atoms with Gasteiger partial charge in [0.2, 0.25) is 0 Å². The van der Waals surface area contributed by atoms with Crippen LogP contribution in [0.5, 0.6) is 11.5 Å². The Labute approximate surface area is 114 Å². The molecule has 0 fully saturated rings. The lowest BCUT2D eigenvalue weighted by atomic mass is 10.2. The normalized spacial score (nSPS) is 10.4. The number of aromatic nitrogens is 3. The van der Waals surface area contributed by atoms with Crippen molar-refractivity contribution in [2.75, 3.05) is 7.11 Å². The van der Waals surface area contributed by atoms with Crippen LogP contribution in [0.25, 0.3) is 10.9 Å². The van der Waals surface area contributed by atoms with Crippen molar-refractivity contribution in [1.82, 2.24) is 15.2 Å². The number of ether oxygens (including phenoxy) is 2. The van der Waals surface area contributed by atoms with Crippen LogP contribution in [0.2, 0.25) is 0 Å². The maximum atomic E-state index is 11.5. The molecule has 0 atom stereocenters. The minimum atomic E-state index is -0.473. The number of carbonyl (C=O) groups excluding carboxylic acids is 1. The van der Waals surface area contributed by atoms with Crippen molar-refractivity contribution in [1.29, 1.82) is 0 Å². The molecule has 6 heteroatoms.